The van der Waals surface area contributed by atoms with E-state index in [9.17, 15) is 0 Å². The molecule has 1 aromatic heterocycles. The first kappa shape index (κ1) is 30.5. The third-order valence-corrected chi connectivity index (χ3v) is 11.1. The zero-order chi connectivity index (χ0) is 35.6. The van der Waals surface area contributed by atoms with Crippen molar-refractivity contribution in [1.29, 1.82) is 0 Å². The Morgan fingerprint density at radius 2 is 0.889 bits per heavy atom. The van der Waals surface area contributed by atoms with Gasteiger partial charge < -0.3 is 9.47 Å². The highest BCUT2D eigenvalue weighted by Gasteiger charge is 2.23. The second-order valence-corrected chi connectivity index (χ2v) is 14.1. The zero-order valence-corrected chi connectivity index (χ0v) is 29.5. The standard InChI is InChI=1S/C52H34N2/c1-3-14-35(15-4-1)39-18-13-19-40(34-39)53(46-23-10-7-20-41(46)36-16-5-2-6-17-36)49-32-28-37-27-31-45-50(33-29-38-26-30-44(49)51(37)52(38)45)54-47-24-11-8-21-42(47)43-22-9-12-25-48(43)54/h1-34H. The van der Waals surface area contributed by atoms with Gasteiger partial charge in [0.2, 0.25) is 0 Å². The molecule has 0 aliphatic rings. The van der Waals surface area contributed by atoms with Gasteiger partial charge in [-0.2, -0.15) is 0 Å². The topological polar surface area (TPSA) is 8.17 Å². The third kappa shape index (κ3) is 4.67. The molecule has 0 fully saturated rings. The van der Waals surface area contributed by atoms with Crippen molar-refractivity contribution in [2.45, 2.75) is 0 Å². The van der Waals surface area contributed by atoms with Crippen LogP contribution >= 0.6 is 0 Å². The van der Waals surface area contributed by atoms with Gasteiger partial charge in [0.25, 0.3) is 0 Å². The van der Waals surface area contributed by atoms with Crippen LogP contribution in [0.15, 0.2) is 206 Å². The minimum Gasteiger partial charge on any atom is -0.309 e. The summed E-state index contributed by atoms with van der Waals surface area (Å²) in [6.07, 6.45) is 0. The van der Waals surface area contributed by atoms with E-state index in [-0.39, 0.29) is 0 Å². The fourth-order valence-corrected chi connectivity index (χ4v) is 8.74. The average molecular weight is 687 g/mol. The summed E-state index contributed by atoms with van der Waals surface area (Å²) in [7, 11) is 0. The van der Waals surface area contributed by atoms with Gasteiger partial charge >= 0.3 is 0 Å². The van der Waals surface area contributed by atoms with E-state index in [1.165, 1.54) is 82.1 Å². The van der Waals surface area contributed by atoms with Crippen molar-refractivity contribution >= 4 is 71.2 Å². The Bertz CT molecular complexity index is 3100. The van der Waals surface area contributed by atoms with Gasteiger partial charge in [-0.25, -0.2) is 0 Å². The molecule has 0 saturated heterocycles. The molecule has 0 spiro atoms. The highest BCUT2D eigenvalue weighted by molar-refractivity contribution is 6.27. The first-order chi connectivity index (χ1) is 26.8. The highest BCUT2D eigenvalue weighted by atomic mass is 15.1. The summed E-state index contributed by atoms with van der Waals surface area (Å²) >= 11 is 0. The second-order valence-electron chi connectivity index (χ2n) is 14.1. The van der Waals surface area contributed by atoms with Crippen molar-refractivity contribution in [2.75, 3.05) is 4.90 Å². The summed E-state index contributed by atoms with van der Waals surface area (Å²) < 4.78 is 2.45. The maximum absolute atomic E-state index is 2.47. The van der Waals surface area contributed by atoms with E-state index in [0.717, 1.165) is 17.1 Å². The summed E-state index contributed by atoms with van der Waals surface area (Å²) in [6, 6.07) is 75.2. The number of aromatic nitrogens is 1. The van der Waals surface area contributed by atoms with Gasteiger partial charge in [-0.3, -0.25) is 0 Å². The van der Waals surface area contributed by atoms with E-state index < -0.39 is 0 Å². The molecule has 252 valence electrons. The first-order valence-corrected chi connectivity index (χ1v) is 18.6. The minimum atomic E-state index is 1.11. The molecule has 1 heterocycles. The van der Waals surface area contributed by atoms with Gasteiger partial charge in [0.1, 0.15) is 0 Å². The minimum absolute atomic E-state index is 1.11. The van der Waals surface area contributed by atoms with Gasteiger partial charge in [-0.1, -0.05) is 164 Å². The predicted octanol–water partition coefficient (Wildman–Crippen LogP) is 14.5. The molecule has 11 aromatic rings. The molecule has 2 heteroatoms. The van der Waals surface area contributed by atoms with E-state index >= 15 is 0 Å². The third-order valence-electron chi connectivity index (χ3n) is 11.1. The Kier molecular flexibility index (Phi) is 6.90. The maximum atomic E-state index is 2.47. The van der Waals surface area contributed by atoms with Crippen LogP contribution < -0.4 is 4.90 Å². The molecular weight excluding hydrogens is 653 g/mol. The van der Waals surface area contributed by atoms with E-state index in [1.54, 1.807) is 0 Å². The van der Waals surface area contributed by atoms with Crippen molar-refractivity contribution in [3.8, 4) is 27.9 Å². The van der Waals surface area contributed by atoms with Crippen molar-refractivity contribution in [1.82, 2.24) is 4.57 Å². The average Bonchev–Trinajstić information content (AvgIpc) is 3.58. The number of fused-ring (bicyclic) bond motifs is 3. The molecule has 10 aromatic carbocycles. The van der Waals surface area contributed by atoms with Gasteiger partial charge in [-0.15, -0.1) is 0 Å². The Hall–Kier alpha value is -7.16. The maximum Gasteiger partial charge on any atom is 0.0541 e. The number of benzene rings is 10. The SMILES string of the molecule is c1ccc(-c2cccc(N(c3ccccc3-c3ccccc3)c3ccc4ccc5c(-n6c7ccccc7c7ccccc76)ccc6ccc3c4c65)c2)cc1. The van der Waals surface area contributed by atoms with E-state index in [4.69, 9.17) is 0 Å². The van der Waals surface area contributed by atoms with Crippen LogP contribution in [0.1, 0.15) is 0 Å². The molecule has 54 heavy (non-hydrogen) atoms. The molecule has 11 rings (SSSR count). The fraction of sp³-hybridized carbons (Fsp3) is 0. The number of rotatable bonds is 6. The lowest BCUT2D eigenvalue weighted by Gasteiger charge is -2.30. The quantitative estimate of drug-likeness (QED) is 0.158. The van der Waals surface area contributed by atoms with Crippen LogP contribution in [0.2, 0.25) is 0 Å². The van der Waals surface area contributed by atoms with Crippen LogP contribution in [0, 0.1) is 0 Å². The summed E-state index contributed by atoms with van der Waals surface area (Å²) in [5, 5.41) is 10.1. The molecular formula is C52H34N2. The highest BCUT2D eigenvalue weighted by Crippen LogP contribution is 2.48. The molecule has 0 atom stereocenters. The van der Waals surface area contributed by atoms with Crippen LogP contribution in [-0.4, -0.2) is 4.57 Å². The molecule has 0 aliphatic heterocycles. The Balaban J connectivity index is 1.20. The molecule has 0 N–H and O–H groups in total. The molecule has 0 radical (unpaired) electrons. The summed E-state index contributed by atoms with van der Waals surface area (Å²) in [5.74, 6) is 0. The Morgan fingerprint density at radius 3 is 1.63 bits per heavy atom. The van der Waals surface area contributed by atoms with Gasteiger partial charge in [-0.05, 0) is 80.7 Å². The van der Waals surface area contributed by atoms with E-state index in [1.807, 2.05) is 0 Å². The number of hydrogen-bond acceptors (Lipinski definition) is 1. The number of anilines is 3. The lowest BCUT2D eigenvalue weighted by Crippen LogP contribution is -2.12. The van der Waals surface area contributed by atoms with Crippen LogP contribution in [-0.2, 0) is 0 Å². The number of para-hydroxylation sites is 3. The summed E-state index contributed by atoms with van der Waals surface area (Å²) in [5.41, 5.74) is 11.8. The molecule has 0 saturated carbocycles. The molecule has 0 amide bonds. The van der Waals surface area contributed by atoms with Crippen LogP contribution in [0.5, 0.6) is 0 Å². The molecule has 2 nitrogen and oxygen atoms in total. The van der Waals surface area contributed by atoms with Gasteiger partial charge in [0.15, 0.2) is 0 Å². The van der Waals surface area contributed by atoms with Crippen molar-refractivity contribution in [3.63, 3.8) is 0 Å². The van der Waals surface area contributed by atoms with Gasteiger partial charge in [0, 0.05) is 32.8 Å². The summed E-state index contributed by atoms with van der Waals surface area (Å²) in [6.45, 7) is 0. The van der Waals surface area contributed by atoms with Crippen LogP contribution in [0.4, 0.5) is 17.1 Å². The van der Waals surface area contributed by atoms with Crippen LogP contribution in [0.3, 0.4) is 0 Å². The first-order valence-electron chi connectivity index (χ1n) is 18.6. The smallest absolute Gasteiger partial charge is 0.0541 e. The Morgan fingerprint density at radius 1 is 0.333 bits per heavy atom. The fourth-order valence-electron chi connectivity index (χ4n) is 8.74. The number of hydrogen-bond donors (Lipinski definition) is 0. The Labute approximate surface area is 313 Å². The van der Waals surface area contributed by atoms with Crippen molar-refractivity contribution in [2.24, 2.45) is 0 Å². The largest absolute Gasteiger partial charge is 0.309 e. The van der Waals surface area contributed by atoms with Crippen LogP contribution in [0.25, 0.3) is 82.1 Å². The lowest BCUT2D eigenvalue weighted by atomic mass is 9.91. The molecule has 0 bridgehead atoms. The molecule has 0 aliphatic carbocycles. The van der Waals surface area contributed by atoms with Crippen molar-refractivity contribution in [3.05, 3.63) is 206 Å². The number of nitrogens with zero attached hydrogens (tertiary/aromatic N) is 2. The predicted molar refractivity (Wildman–Crippen MR) is 230 cm³/mol. The lowest BCUT2D eigenvalue weighted by molar-refractivity contribution is 1.20. The normalized spacial score (nSPS) is 11.7. The van der Waals surface area contributed by atoms with E-state index in [2.05, 4.69) is 216 Å². The second kappa shape index (κ2) is 12.2. The van der Waals surface area contributed by atoms with E-state index in [0.29, 0.717) is 0 Å². The molecule has 0 unspecified atom stereocenters. The monoisotopic (exact) mass is 686 g/mol. The van der Waals surface area contributed by atoms with Crippen molar-refractivity contribution < 1.29 is 0 Å². The summed E-state index contributed by atoms with van der Waals surface area (Å²) in [4.78, 5) is 2.47. The zero-order valence-electron chi connectivity index (χ0n) is 29.5. The van der Waals surface area contributed by atoms with Gasteiger partial charge in [0.05, 0.1) is 28.1 Å².